The lowest BCUT2D eigenvalue weighted by atomic mass is 10.0. The Morgan fingerprint density at radius 3 is 2.63 bits per heavy atom. The van der Waals surface area contributed by atoms with Crippen molar-refractivity contribution in [3.63, 3.8) is 0 Å². The molecule has 2 unspecified atom stereocenters. The average Bonchev–Trinajstić information content (AvgIpc) is 2.91. The molecular formula is C25H35FN8O4. The van der Waals surface area contributed by atoms with Crippen molar-refractivity contribution in [3.8, 4) is 5.88 Å². The molecule has 2 fully saturated rings. The number of hydrogen-bond donors (Lipinski definition) is 2. The van der Waals surface area contributed by atoms with E-state index in [9.17, 15) is 14.0 Å². The van der Waals surface area contributed by atoms with E-state index >= 15 is 0 Å². The average molecular weight is 531 g/mol. The Morgan fingerprint density at radius 1 is 1.13 bits per heavy atom. The lowest BCUT2D eigenvalue weighted by Crippen LogP contribution is -2.55. The van der Waals surface area contributed by atoms with Crippen LogP contribution in [0, 0.1) is 0 Å². The first-order valence-corrected chi connectivity index (χ1v) is 12.8. The normalized spacial score (nSPS) is 20.5. The number of anilines is 3. The van der Waals surface area contributed by atoms with Crippen LogP contribution in [0.4, 0.5) is 31.3 Å². The molecule has 2 N–H and O–H groups in total. The molecule has 0 aromatic carbocycles. The first-order valence-electron chi connectivity index (χ1n) is 12.8. The van der Waals surface area contributed by atoms with E-state index in [-0.39, 0.29) is 24.9 Å². The lowest BCUT2D eigenvalue weighted by molar-refractivity contribution is 0.0662. The number of hydrogen-bond acceptors (Lipinski definition) is 9. The lowest BCUT2D eigenvalue weighted by Gasteiger charge is -2.40. The van der Waals surface area contributed by atoms with Crippen LogP contribution in [0.2, 0.25) is 0 Å². The van der Waals surface area contributed by atoms with E-state index in [0.29, 0.717) is 30.5 Å². The minimum absolute atomic E-state index is 0.105. The monoisotopic (exact) mass is 530 g/mol. The zero-order valence-electron chi connectivity index (χ0n) is 22.0. The van der Waals surface area contributed by atoms with E-state index in [1.807, 2.05) is 18.9 Å². The molecule has 2 aromatic rings. The second kappa shape index (κ2) is 12.7. The number of rotatable bonds is 7. The van der Waals surface area contributed by atoms with Gasteiger partial charge in [0.1, 0.15) is 18.1 Å². The van der Waals surface area contributed by atoms with Crippen LogP contribution in [-0.4, -0.2) is 102 Å². The molecule has 2 saturated heterocycles. The predicted molar refractivity (Wildman–Crippen MR) is 140 cm³/mol. The maximum Gasteiger partial charge on any atom is 0.411 e. The summed E-state index contributed by atoms with van der Waals surface area (Å²) in [5.74, 6) is 1.16. The largest absolute Gasteiger partial charge is 0.477 e. The van der Waals surface area contributed by atoms with Crippen LogP contribution in [0.25, 0.3) is 0 Å². The number of nitrogens with zero attached hydrogens (tertiary/aromatic N) is 6. The summed E-state index contributed by atoms with van der Waals surface area (Å²) < 4.78 is 25.7. The molecule has 0 radical (unpaired) electrons. The molecule has 0 aliphatic carbocycles. The van der Waals surface area contributed by atoms with Crippen molar-refractivity contribution < 1.29 is 23.5 Å². The molecule has 0 saturated carbocycles. The Bertz CT molecular complexity index is 1080. The third kappa shape index (κ3) is 7.18. The summed E-state index contributed by atoms with van der Waals surface area (Å²) >= 11 is 0. The third-order valence-corrected chi connectivity index (χ3v) is 6.73. The number of carbonyl (C=O) groups excluding carboxylic acids is 2. The van der Waals surface area contributed by atoms with Gasteiger partial charge in [-0.3, -0.25) is 10.6 Å². The molecule has 2 atom stereocenters. The van der Waals surface area contributed by atoms with Gasteiger partial charge in [-0.15, -0.1) is 0 Å². The highest BCUT2D eigenvalue weighted by Crippen LogP contribution is 2.25. The molecule has 206 valence electrons. The highest BCUT2D eigenvalue weighted by Gasteiger charge is 2.35. The van der Waals surface area contributed by atoms with Crippen molar-refractivity contribution in [1.82, 2.24) is 24.8 Å². The Morgan fingerprint density at radius 2 is 1.92 bits per heavy atom. The molecule has 12 nitrogen and oxygen atoms in total. The fourth-order valence-corrected chi connectivity index (χ4v) is 4.50. The van der Waals surface area contributed by atoms with Gasteiger partial charge in [0.15, 0.2) is 5.82 Å². The van der Waals surface area contributed by atoms with Crippen molar-refractivity contribution in [1.29, 1.82) is 0 Å². The molecule has 4 rings (SSSR count). The fourth-order valence-electron chi connectivity index (χ4n) is 4.50. The number of nitrogens with one attached hydrogen (secondary N) is 2. The van der Waals surface area contributed by atoms with Gasteiger partial charge in [-0.25, -0.2) is 28.9 Å². The van der Waals surface area contributed by atoms with Crippen molar-refractivity contribution in [2.45, 2.75) is 44.5 Å². The van der Waals surface area contributed by atoms with Gasteiger partial charge >= 0.3 is 12.1 Å². The number of urea groups is 1. The first-order chi connectivity index (χ1) is 18.3. The zero-order chi connectivity index (χ0) is 27.1. The van der Waals surface area contributed by atoms with Gasteiger partial charge < -0.3 is 24.2 Å². The van der Waals surface area contributed by atoms with E-state index in [2.05, 4.69) is 30.5 Å². The maximum atomic E-state index is 14.9. The van der Waals surface area contributed by atoms with Crippen LogP contribution in [0.3, 0.4) is 0 Å². The minimum atomic E-state index is -1.21. The number of likely N-dealkylation sites (tertiary alicyclic amines) is 1. The number of pyridine rings is 1. The topological polar surface area (TPSA) is 125 Å². The molecule has 2 aliphatic heterocycles. The molecule has 0 bridgehead atoms. The van der Waals surface area contributed by atoms with Gasteiger partial charge in [0.05, 0.1) is 25.0 Å². The summed E-state index contributed by atoms with van der Waals surface area (Å²) in [6.07, 6.45) is 4.39. The number of ether oxygens (including phenoxy) is 2. The third-order valence-electron chi connectivity index (χ3n) is 6.73. The van der Waals surface area contributed by atoms with Crippen molar-refractivity contribution in [2.75, 3.05) is 62.4 Å². The van der Waals surface area contributed by atoms with Crippen molar-refractivity contribution >= 4 is 29.4 Å². The second-order valence-corrected chi connectivity index (χ2v) is 9.47. The SMILES string of the molecule is CCOc1cnc(NC(=O)N(C)C2CN(c3cc(NC(=O)OC4CCN(C)CC4)ccn3)CCC2F)cn1. The zero-order valence-corrected chi connectivity index (χ0v) is 22.0. The van der Waals surface area contributed by atoms with Crippen LogP contribution >= 0.6 is 0 Å². The summed E-state index contributed by atoms with van der Waals surface area (Å²) in [5.41, 5.74) is 0.534. The molecule has 2 aliphatic rings. The summed E-state index contributed by atoms with van der Waals surface area (Å²) in [6.45, 7) is 4.73. The number of piperidine rings is 2. The van der Waals surface area contributed by atoms with Gasteiger partial charge in [0.2, 0.25) is 5.88 Å². The van der Waals surface area contributed by atoms with Crippen LogP contribution in [0.5, 0.6) is 5.88 Å². The second-order valence-electron chi connectivity index (χ2n) is 9.47. The van der Waals surface area contributed by atoms with Crippen LogP contribution < -0.4 is 20.3 Å². The smallest absolute Gasteiger partial charge is 0.411 e. The summed E-state index contributed by atoms with van der Waals surface area (Å²) in [4.78, 5) is 43.3. The number of halogens is 1. The van der Waals surface area contributed by atoms with Gasteiger partial charge in [0.25, 0.3) is 0 Å². The highest BCUT2D eigenvalue weighted by molar-refractivity contribution is 5.88. The molecule has 4 heterocycles. The fraction of sp³-hybridized carbons (Fsp3) is 0.560. The molecule has 3 amide bonds. The van der Waals surface area contributed by atoms with Gasteiger partial charge in [-0.05, 0) is 39.3 Å². The maximum absolute atomic E-state index is 14.9. The van der Waals surface area contributed by atoms with Crippen molar-refractivity contribution in [3.05, 3.63) is 30.7 Å². The first kappa shape index (κ1) is 27.3. The van der Waals surface area contributed by atoms with E-state index in [1.165, 1.54) is 17.3 Å². The number of aromatic nitrogens is 3. The number of alkyl halides is 1. The van der Waals surface area contributed by atoms with Crippen molar-refractivity contribution in [2.24, 2.45) is 0 Å². The summed E-state index contributed by atoms with van der Waals surface area (Å²) in [6, 6.07) is 2.18. The van der Waals surface area contributed by atoms with Crippen LogP contribution in [0.1, 0.15) is 26.2 Å². The summed E-state index contributed by atoms with van der Waals surface area (Å²) in [7, 11) is 3.59. The standard InChI is InChI=1S/C25H35FN8O4/c1-4-37-23-15-28-21(14-29-23)31-24(35)33(3)20-16-34(12-8-19(20)26)22-13-17(5-9-27-22)30-25(36)38-18-6-10-32(2)11-7-18/h5,9,13-15,18-20H,4,6-8,10-12,16H2,1-3H3,(H,27,30,36)(H,28,31,35). The number of amides is 3. The van der Waals surface area contributed by atoms with Gasteiger partial charge in [-0.2, -0.15) is 0 Å². The van der Waals surface area contributed by atoms with E-state index in [4.69, 9.17) is 9.47 Å². The summed E-state index contributed by atoms with van der Waals surface area (Å²) in [5, 5.41) is 5.41. The van der Waals surface area contributed by atoms with Crippen LogP contribution in [0.15, 0.2) is 30.7 Å². The number of likely N-dealkylation sites (N-methyl/N-ethyl adjacent to an activating group) is 1. The Labute approximate surface area is 221 Å². The van der Waals surface area contributed by atoms with E-state index in [0.717, 1.165) is 25.9 Å². The van der Waals surface area contributed by atoms with E-state index in [1.54, 1.807) is 25.4 Å². The van der Waals surface area contributed by atoms with Gasteiger partial charge in [0, 0.05) is 51.2 Å². The quantitative estimate of drug-likeness (QED) is 0.556. The Kier molecular flexibility index (Phi) is 9.10. The molecule has 13 heteroatoms. The predicted octanol–water partition coefficient (Wildman–Crippen LogP) is 2.99. The van der Waals surface area contributed by atoms with Crippen LogP contribution in [-0.2, 0) is 4.74 Å². The Hall–Kier alpha value is -3.74. The van der Waals surface area contributed by atoms with E-state index < -0.39 is 24.3 Å². The molecule has 2 aromatic heterocycles. The number of carbonyl (C=O) groups is 2. The molecule has 38 heavy (non-hydrogen) atoms. The molecular weight excluding hydrogens is 495 g/mol. The minimum Gasteiger partial charge on any atom is -0.477 e. The Balaban J connectivity index is 1.34. The highest BCUT2D eigenvalue weighted by atomic mass is 19.1. The van der Waals surface area contributed by atoms with Gasteiger partial charge in [-0.1, -0.05) is 0 Å². The molecule has 0 spiro atoms.